The summed E-state index contributed by atoms with van der Waals surface area (Å²) >= 11 is 0. The zero-order chi connectivity index (χ0) is 16.2. The normalized spacial score (nSPS) is 21.2. The number of likely N-dealkylation sites (tertiary alicyclic amines) is 1. The Balaban J connectivity index is 1.30. The fourth-order valence-corrected chi connectivity index (χ4v) is 4.08. The number of hydrogen-bond donors (Lipinski definition) is 0. The monoisotopic (exact) mass is 325 g/mol. The van der Waals surface area contributed by atoms with Gasteiger partial charge in [-0.15, -0.1) is 0 Å². The van der Waals surface area contributed by atoms with Crippen molar-refractivity contribution in [3.8, 4) is 0 Å². The summed E-state index contributed by atoms with van der Waals surface area (Å²) in [5.41, 5.74) is 3.31. The second-order valence-electron chi connectivity index (χ2n) is 7.41. The third kappa shape index (κ3) is 3.70. The van der Waals surface area contributed by atoms with Gasteiger partial charge in [-0.3, -0.25) is 9.58 Å². The van der Waals surface area contributed by atoms with Gasteiger partial charge in [0.2, 0.25) is 0 Å². The highest BCUT2D eigenvalue weighted by Crippen LogP contribution is 2.40. The van der Waals surface area contributed by atoms with E-state index in [1.54, 1.807) is 0 Å². The maximum absolute atomic E-state index is 5.55. The van der Waals surface area contributed by atoms with Crippen LogP contribution in [0.4, 0.5) is 0 Å². The summed E-state index contributed by atoms with van der Waals surface area (Å²) in [6.45, 7) is 6.33. The Morgan fingerprint density at radius 3 is 2.21 bits per heavy atom. The van der Waals surface area contributed by atoms with E-state index in [2.05, 4.69) is 34.3 Å². The Morgan fingerprint density at radius 1 is 0.917 bits per heavy atom. The minimum Gasteiger partial charge on any atom is -0.381 e. The molecule has 1 aromatic carbocycles. The van der Waals surface area contributed by atoms with E-state index in [4.69, 9.17) is 4.74 Å². The lowest BCUT2D eigenvalue weighted by atomic mass is 9.72. The van der Waals surface area contributed by atoms with Gasteiger partial charge in [0.1, 0.15) is 0 Å². The van der Waals surface area contributed by atoms with Gasteiger partial charge in [-0.05, 0) is 61.4 Å². The van der Waals surface area contributed by atoms with Gasteiger partial charge in [-0.2, -0.15) is 5.10 Å². The van der Waals surface area contributed by atoms with Crippen molar-refractivity contribution in [1.29, 1.82) is 0 Å². The molecule has 24 heavy (non-hydrogen) atoms. The Bertz CT molecular complexity index is 619. The average molecular weight is 325 g/mol. The molecule has 2 fully saturated rings. The van der Waals surface area contributed by atoms with Crippen molar-refractivity contribution < 1.29 is 4.74 Å². The molecular formula is C20H27N3O. The molecule has 4 heteroatoms. The van der Waals surface area contributed by atoms with Crippen LogP contribution in [-0.4, -0.2) is 41.0 Å². The maximum Gasteiger partial charge on any atom is 0.0659 e. The largest absolute Gasteiger partial charge is 0.381 e. The summed E-state index contributed by atoms with van der Waals surface area (Å²) in [7, 11) is 0. The number of nitrogens with zero attached hydrogens (tertiary/aromatic N) is 3. The molecule has 2 aliphatic rings. The van der Waals surface area contributed by atoms with Crippen molar-refractivity contribution in [3.05, 3.63) is 53.9 Å². The molecule has 0 N–H and O–H groups in total. The Morgan fingerprint density at radius 2 is 1.58 bits per heavy atom. The van der Waals surface area contributed by atoms with Gasteiger partial charge in [0, 0.05) is 32.2 Å². The van der Waals surface area contributed by atoms with Gasteiger partial charge in [0.05, 0.1) is 6.54 Å². The van der Waals surface area contributed by atoms with Crippen molar-refractivity contribution >= 4 is 0 Å². The molecule has 4 rings (SSSR count). The number of ether oxygens (including phenoxy) is 1. The van der Waals surface area contributed by atoms with Crippen LogP contribution >= 0.6 is 0 Å². The molecule has 128 valence electrons. The molecule has 0 aliphatic carbocycles. The smallest absolute Gasteiger partial charge is 0.0659 e. The third-order valence-electron chi connectivity index (χ3n) is 5.80. The summed E-state index contributed by atoms with van der Waals surface area (Å²) in [5, 5.41) is 4.27. The maximum atomic E-state index is 5.55. The molecule has 0 atom stereocenters. The van der Waals surface area contributed by atoms with Crippen LogP contribution in [0.5, 0.6) is 0 Å². The van der Waals surface area contributed by atoms with Crippen LogP contribution < -0.4 is 0 Å². The summed E-state index contributed by atoms with van der Waals surface area (Å²) in [6, 6.07) is 11.0. The number of benzene rings is 1. The van der Waals surface area contributed by atoms with E-state index in [9.17, 15) is 0 Å². The molecule has 0 amide bonds. The van der Waals surface area contributed by atoms with Crippen LogP contribution in [0, 0.1) is 5.41 Å². The van der Waals surface area contributed by atoms with Gasteiger partial charge in [0.25, 0.3) is 0 Å². The molecule has 1 aromatic heterocycles. The zero-order valence-electron chi connectivity index (χ0n) is 14.4. The average Bonchev–Trinajstić information content (AvgIpc) is 3.13. The number of piperidine rings is 1. The molecule has 0 radical (unpaired) electrons. The zero-order valence-corrected chi connectivity index (χ0v) is 14.4. The minimum atomic E-state index is 0.586. The fourth-order valence-electron chi connectivity index (χ4n) is 4.08. The quantitative estimate of drug-likeness (QED) is 0.864. The van der Waals surface area contributed by atoms with E-state index in [-0.39, 0.29) is 0 Å². The lowest BCUT2D eigenvalue weighted by Crippen LogP contribution is -2.42. The molecule has 3 heterocycles. The molecule has 0 unspecified atom stereocenters. The van der Waals surface area contributed by atoms with Gasteiger partial charge in [0.15, 0.2) is 0 Å². The first-order valence-corrected chi connectivity index (χ1v) is 9.17. The first kappa shape index (κ1) is 15.9. The number of hydrogen-bond acceptors (Lipinski definition) is 3. The van der Waals surface area contributed by atoms with E-state index >= 15 is 0 Å². The topological polar surface area (TPSA) is 30.3 Å². The second-order valence-corrected chi connectivity index (χ2v) is 7.41. The molecule has 1 spiro atoms. The Kier molecular flexibility index (Phi) is 4.67. The molecule has 2 aromatic rings. The van der Waals surface area contributed by atoms with Crippen molar-refractivity contribution in [2.75, 3.05) is 26.3 Å². The highest BCUT2D eigenvalue weighted by atomic mass is 16.5. The summed E-state index contributed by atoms with van der Waals surface area (Å²) in [6.07, 6.45) is 9.05. The van der Waals surface area contributed by atoms with E-state index in [1.807, 2.05) is 23.1 Å². The molecule has 0 saturated carbocycles. The van der Waals surface area contributed by atoms with Crippen LogP contribution in [0.3, 0.4) is 0 Å². The molecule has 2 aliphatic heterocycles. The van der Waals surface area contributed by atoms with Crippen molar-refractivity contribution in [3.63, 3.8) is 0 Å². The predicted octanol–water partition coefficient (Wildman–Crippen LogP) is 3.32. The van der Waals surface area contributed by atoms with Gasteiger partial charge in [-0.1, -0.05) is 24.3 Å². The predicted molar refractivity (Wildman–Crippen MR) is 94.8 cm³/mol. The van der Waals surface area contributed by atoms with E-state index in [0.29, 0.717) is 5.41 Å². The lowest BCUT2D eigenvalue weighted by molar-refractivity contribution is -0.0217. The summed E-state index contributed by atoms with van der Waals surface area (Å²) in [4.78, 5) is 2.61. The fraction of sp³-hybridized carbons (Fsp3) is 0.550. The van der Waals surface area contributed by atoms with Crippen molar-refractivity contribution in [1.82, 2.24) is 14.7 Å². The van der Waals surface area contributed by atoms with Crippen LogP contribution in [-0.2, 0) is 17.8 Å². The van der Waals surface area contributed by atoms with Crippen LogP contribution in [0.25, 0.3) is 0 Å². The molecule has 0 bridgehead atoms. The van der Waals surface area contributed by atoms with E-state index in [0.717, 1.165) is 26.3 Å². The van der Waals surface area contributed by atoms with Crippen molar-refractivity contribution in [2.24, 2.45) is 5.41 Å². The summed E-state index contributed by atoms with van der Waals surface area (Å²) < 4.78 is 7.51. The number of aromatic nitrogens is 2. The Hall–Kier alpha value is -1.65. The van der Waals surface area contributed by atoms with Gasteiger partial charge < -0.3 is 4.74 Å². The Labute approximate surface area is 144 Å². The number of rotatable bonds is 4. The van der Waals surface area contributed by atoms with Crippen molar-refractivity contribution in [2.45, 2.75) is 38.8 Å². The molecule has 2 saturated heterocycles. The molecular weight excluding hydrogens is 298 g/mol. The third-order valence-corrected chi connectivity index (χ3v) is 5.80. The first-order valence-electron chi connectivity index (χ1n) is 9.17. The van der Waals surface area contributed by atoms with Crippen LogP contribution in [0.1, 0.15) is 36.8 Å². The first-order chi connectivity index (χ1) is 11.8. The van der Waals surface area contributed by atoms with Crippen LogP contribution in [0.2, 0.25) is 0 Å². The minimum absolute atomic E-state index is 0.586. The van der Waals surface area contributed by atoms with Gasteiger partial charge >= 0.3 is 0 Å². The summed E-state index contributed by atoms with van der Waals surface area (Å²) in [5.74, 6) is 0. The van der Waals surface area contributed by atoms with E-state index in [1.165, 1.54) is 49.9 Å². The van der Waals surface area contributed by atoms with E-state index < -0.39 is 0 Å². The second kappa shape index (κ2) is 7.08. The highest BCUT2D eigenvalue weighted by Gasteiger charge is 2.35. The highest BCUT2D eigenvalue weighted by molar-refractivity contribution is 5.22. The molecule has 4 nitrogen and oxygen atoms in total. The lowest BCUT2D eigenvalue weighted by Gasteiger charge is -2.44. The standard InChI is InChI=1S/C20H27N3O/c1-10-21-23(11-1)17-19-4-2-18(3-5-19)16-22-12-6-20(7-13-22)8-14-24-15-9-20/h1-5,10-11H,6-9,12-17H2. The van der Waals surface area contributed by atoms with Gasteiger partial charge in [-0.25, -0.2) is 0 Å². The van der Waals surface area contributed by atoms with Crippen LogP contribution in [0.15, 0.2) is 42.7 Å². The SMILES string of the molecule is c1cnn(Cc2ccc(CN3CCC4(CCOCC4)CC3)cc2)c1.